The minimum Gasteiger partial charge on any atom is -0.462 e. The van der Waals surface area contributed by atoms with Gasteiger partial charge in [0.05, 0.1) is 0 Å². The van der Waals surface area contributed by atoms with Gasteiger partial charge in [0.25, 0.3) is 0 Å². The van der Waals surface area contributed by atoms with E-state index in [1.165, 1.54) is 238 Å². The lowest BCUT2D eigenvalue weighted by molar-refractivity contribution is -0.167. The van der Waals surface area contributed by atoms with Gasteiger partial charge >= 0.3 is 17.9 Å². The average molecular weight is 1160 g/mol. The van der Waals surface area contributed by atoms with Crippen molar-refractivity contribution in [3.8, 4) is 0 Å². The SMILES string of the molecule is CC/C=C\C/C=C\C/C=C\C/C=C\C/C=C\CCCC(=O)OC(COC(=O)CCCCCCCCCCCCCCCCCCC)COC(=O)CCCCCCCCCCCCCCCCCCCCC/C=C\C/C=C\CCCCCCC. The second kappa shape index (κ2) is 71.1. The highest BCUT2D eigenvalue weighted by molar-refractivity contribution is 5.71. The predicted octanol–water partition coefficient (Wildman–Crippen LogP) is 25.0. The number of ether oxygens (including phenoxy) is 3. The van der Waals surface area contributed by atoms with Crippen LogP contribution >= 0.6 is 0 Å². The number of allylic oxidation sites excluding steroid dienone is 14. The minimum atomic E-state index is -0.805. The summed E-state index contributed by atoms with van der Waals surface area (Å²) in [6.07, 6.45) is 94.9. The average Bonchev–Trinajstić information content (AvgIpc) is 3.50. The van der Waals surface area contributed by atoms with Crippen LogP contribution in [0.2, 0.25) is 0 Å². The lowest BCUT2D eigenvalue weighted by Crippen LogP contribution is -2.30. The van der Waals surface area contributed by atoms with Gasteiger partial charge in [0, 0.05) is 19.3 Å². The summed E-state index contributed by atoms with van der Waals surface area (Å²) in [5.74, 6) is -0.932. The summed E-state index contributed by atoms with van der Waals surface area (Å²) in [5, 5.41) is 0. The van der Waals surface area contributed by atoms with Crippen molar-refractivity contribution in [3.63, 3.8) is 0 Å². The van der Waals surface area contributed by atoms with Crippen molar-refractivity contribution in [2.45, 2.75) is 374 Å². The lowest BCUT2D eigenvalue weighted by Gasteiger charge is -2.18. The molecule has 0 bridgehead atoms. The quantitative estimate of drug-likeness (QED) is 0.0261. The van der Waals surface area contributed by atoms with Crippen molar-refractivity contribution >= 4 is 17.9 Å². The van der Waals surface area contributed by atoms with Crippen molar-refractivity contribution in [2.24, 2.45) is 0 Å². The number of unbranched alkanes of at least 4 members (excludes halogenated alkanes) is 41. The van der Waals surface area contributed by atoms with Gasteiger partial charge in [-0.15, -0.1) is 0 Å². The van der Waals surface area contributed by atoms with Crippen LogP contribution in [-0.4, -0.2) is 37.2 Å². The van der Waals surface area contributed by atoms with E-state index in [9.17, 15) is 14.4 Å². The van der Waals surface area contributed by atoms with Gasteiger partial charge < -0.3 is 14.2 Å². The summed E-state index contributed by atoms with van der Waals surface area (Å²) < 4.78 is 16.9. The molecule has 0 amide bonds. The summed E-state index contributed by atoms with van der Waals surface area (Å²) in [6, 6.07) is 0. The van der Waals surface area contributed by atoms with E-state index in [2.05, 4.69) is 106 Å². The minimum absolute atomic E-state index is 0.0944. The molecule has 0 aromatic rings. The molecule has 0 aliphatic carbocycles. The van der Waals surface area contributed by atoms with E-state index in [0.29, 0.717) is 19.3 Å². The molecule has 1 atom stereocenters. The van der Waals surface area contributed by atoms with Crippen molar-refractivity contribution < 1.29 is 28.6 Å². The zero-order valence-electron chi connectivity index (χ0n) is 55.2. The number of hydrogen-bond acceptors (Lipinski definition) is 6. The number of rotatable bonds is 66. The Bertz CT molecular complexity index is 1570. The summed E-state index contributed by atoms with van der Waals surface area (Å²) in [5.41, 5.74) is 0. The molecule has 0 N–H and O–H groups in total. The standard InChI is InChI=1S/C77H136O6/c1-4-7-10-13-16-19-22-25-28-31-32-33-34-35-36-37-38-39-40-41-42-43-44-47-49-52-55-58-61-64-67-70-76(79)82-73-74(83-77(80)71-68-65-62-59-56-53-50-46-30-27-24-21-18-15-12-9-6-3)72-81-75(78)69-66-63-60-57-54-51-48-45-29-26-23-20-17-14-11-8-5-2/h9,12,18,21-22,25,27,30-32,50,53,59,62,74H,4-8,10-11,13-17,19-20,23-24,26,28-29,33-49,51-52,54-58,60-61,63-73H2,1-3H3/b12-9-,21-18-,25-22-,30-27-,32-31-,53-50-,62-59-. The highest BCUT2D eigenvalue weighted by Crippen LogP contribution is 2.18. The third-order valence-electron chi connectivity index (χ3n) is 15.9. The van der Waals surface area contributed by atoms with Gasteiger partial charge in [0.1, 0.15) is 13.2 Å². The maximum atomic E-state index is 12.9. The Morgan fingerprint density at radius 2 is 0.482 bits per heavy atom. The van der Waals surface area contributed by atoms with Gasteiger partial charge in [-0.3, -0.25) is 14.4 Å². The van der Waals surface area contributed by atoms with Crippen molar-refractivity contribution in [2.75, 3.05) is 13.2 Å². The molecular weight excluding hydrogens is 1020 g/mol. The Morgan fingerprint density at radius 3 is 0.771 bits per heavy atom. The van der Waals surface area contributed by atoms with E-state index in [-0.39, 0.29) is 37.5 Å². The lowest BCUT2D eigenvalue weighted by atomic mass is 10.0. The molecule has 0 saturated carbocycles. The molecule has 0 saturated heterocycles. The molecule has 0 aliphatic rings. The summed E-state index contributed by atoms with van der Waals surface area (Å²) >= 11 is 0. The summed E-state index contributed by atoms with van der Waals surface area (Å²) in [6.45, 7) is 6.53. The third-order valence-corrected chi connectivity index (χ3v) is 15.9. The van der Waals surface area contributed by atoms with Crippen LogP contribution in [0.5, 0.6) is 0 Å². The Hall–Kier alpha value is -3.41. The summed E-state index contributed by atoms with van der Waals surface area (Å²) in [4.78, 5) is 38.4. The second-order valence-corrected chi connectivity index (χ2v) is 24.1. The van der Waals surface area contributed by atoms with Crippen molar-refractivity contribution in [1.29, 1.82) is 0 Å². The van der Waals surface area contributed by atoms with Gasteiger partial charge in [-0.05, 0) is 89.9 Å². The molecule has 6 nitrogen and oxygen atoms in total. The van der Waals surface area contributed by atoms with Crippen LogP contribution < -0.4 is 0 Å². The Balaban J connectivity index is 4.26. The Kier molecular flexibility index (Phi) is 68.2. The van der Waals surface area contributed by atoms with Crippen LogP contribution in [-0.2, 0) is 28.6 Å². The molecular formula is C77H136O6. The molecule has 0 spiro atoms. The molecule has 0 aromatic heterocycles. The molecule has 0 heterocycles. The first-order valence-electron chi connectivity index (χ1n) is 36.1. The molecule has 0 aliphatic heterocycles. The van der Waals surface area contributed by atoms with E-state index in [1.807, 2.05) is 0 Å². The van der Waals surface area contributed by atoms with Crippen LogP contribution in [0.1, 0.15) is 367 Å². The smallest absolute Gasteiger partial charge is 0.306 e. The zero-order valence-corrected chi connectivity index (χ0v) is 55.2. The fourth-order valence-electron chi connectivity index (χ4n) is 10.5. The van der Waals surface area contributed by atoms with Gasteiger partial charge in [0.15, 0.2) is 6.10 Å². The maximum Gasteiger partial charge on any atom is 0.306 e. The predicted molar refractivity (Wildman–Crippen MR) is 362 cm³/mol. The first-order valence-corrected chi connectivity index (χ1v) is 36.1. The second-order valence-electron chi connectivity index (χ2n) is 24.1. The molecule has 0 rings (SSSR count). The molecule has 480 valence electrons. The summed E-state index contributed by atoms with van der Waals surface area (Å²) in [7, 11) is 0. The highest BCUT2D eigenvalue weighted by Gasteiger charge is 2.19. The maximum absolute atomic E-state index is 12.9. The highest BCUT2D eigenvalue weighted by atomic mass is 16.6. The van der Waals surface area contributed by atoms with Crippen LogP contribution in [0.25, 0.3) is 0 Å². The fraction of sp³-hybridized carbons (Fsp3) is 0.779. The van der Waals surface area contributed by atoms with E-state index >= 15 is 0 Å². The molecule has 83 heavy (non-hydrogen) atoms. The van der Waals surface area contributed by atoms with Crippen LogP contribution in [0.3, 0.4) is 0 Å². The zero-order chi connectivity index (χ0) is 59.9. The Morgan fingerprint density at radius 1 is 0.253 bits per heavy atom. The van der Waals surface area contributed by atoms with Crippen LogP contribution in [0, 0.1) is 0 Å². The molecule has 6 heteroatoms. The van der Waals surface area contributed by atoms with Gasteiger partial charge in [-0.25, -0.2) is 0 Å². The largest absolute Gasteiger partial charge is 0.462 e. The number of esters is 3. The topological polar surface area (TPSA) is 78.9 Å². The van der Waals surface area contributed by atoms with Crippen LogP contribution in [0.15, 0.2) is 85.1 Å². The van der Waals surface area contributed by atoms with Gasteiger partial charge in [-0.1, -0.05) is 343 Å². The van der Waals surface area contributed by atoms with Crippen molar-refractivity contribution in [3.05, 3.63) is 85.1 Å². The normalized spacial score (nSPS) is 12.6. The van der Waals surface area contributed by atoms with Gasteiger partial charge in [-0.2, -0.15) is 0 Å². The van der Waals surface area contributed by atoms with E-state index in [4.69, 9.17) is 14.2 Å². The number of hydrogen-bond donors (Lipinski definition) is 0. The third kappa shape index (κ3) is 69.3. The molecule has 1 unspecified atom stereocenters. The number of carbonyl (C=O) groups excluding carboxylic acids is 3. The van der Waals surface area contributed by atoms with E-state index in [0.717, 1.165) is 83.5 Å². The monoisotopic (exact) mass is 1160 g/mol. The first kappa shape index (κ1) is 79.6. The van der Waals surface area contributed by atoms with E-state index in [1.54, 1.807) is 0 Å². The molecule has 0 aromatic carbocycles. The first-order chi connectivity index (χ1) is 41.0. The molecule has 0 radical (unpaired) electrons. The fourth-order valence-corrected chi connectivity index (χ4v) is 10.5. The Labute approximate surface area is 515 Å². The molecule has 0 fully saturated rings. The van der Waals surface area contributed by atoms with E-state index < -0.39 is 6.10 Å². The van der Waals surface area contributed by atoms with Crippen LogP contribution in [0.4, 0.5) is 0 Å². The number of carbonyl (C=O) groups is 3. The van der Waals surface area contributed by atoms with Gasteiger partial charge in [0.2, 0.25) is 0 Å². The van der Waals surface area contributed by atoms with Crippen molar-refractivity contribution in [1.82, 2.24) is 0 Å².